The molecule has 1 fully saturated rings. The SMILES string of the molecule is CC/C=C\C/C=C\C/C=C\C/C=C\C/C=C\C/C=C\CCCCCC(O)C(=O)NC(COC1OC(CO)C(O)C(O)C1OC(=O)CCCCCCCCCCCCCCCCCCCCC)C(O)/C=C/CCCCCCCCCCC. The van der Waals surface area contributed by atoms with Crippen LogP contribution in [-0.4, -0.2) is 99.6 Å². The Balaban J connectivity index is 2.64. The Kier molecular flexibility index (Phi) is 53.6. The van der Waals surface area contributed by atoms with Gasteiger partial charge in [-0.1, -0.05) is 286 Å². The standard InChI is InChI=1S/C70H123NO10/c1-4-7-10-13-16-19-22-24-26-28-30-31-32-34-35-37-39-42-45-48-51-54-57-63(74)69(78)71-61(62(73)56-53-50-47-44-41-21-18-15-12-9-6-3)60-79-70-68(67(77)66(76)64(59-72)80-70)81-65(75)58-55-52-49-46-43-40-38-36-33-29-27-25-23-20-17-14-11-8-5-2/h7,10,16,19,24,26,30-31,34-35,39,42,53,56,61-64,66-68,70,72-74,76-77H,4-6,8-9,11-15,17-18,20-23,25,27-29,32-33,36-38,40-41,43-52,54-55,57-60H2,1-3H3,(H,71,78)/b10-7-,19-16-,26-24-,31-30-,35-34-,42-39-,56-53+. The molecule has 1 rings (SSSR count). The molecule has 8 atom stereocenters. The van der Waals surface area contributed by atoms with E-state index < -0.39 is 67.4 Å². The number of carbonyl (C=O) groups is 2. The van der Waals surface area contributed by atoms with Gasteiger partial charge in [0.05, 0.1) is 25.4 Å². The number of esters is 1. The summed E-state index contributed by atoms with van der Waals surface area (Å²) in [5, 5.41) is 57.1. The molecule has 0 radical (unpaired) electrons. The second kappa shape index (κ2) is 57.3. The number of carbonyl (C=O) groups excluding carboxylic acids is 2. The van der Waals surface area contributed by atoms with Gasteiger partial charge in [0.25, 0.3) is 0 Å². The third kappa shape index (κ3) is 45.0. The highest BCUT2D eigenvalue weighted by molar-refractivity contribution is 5.80. The Hall–Kier alpha value is -3.16. The van der Waals surface area contributed by atoms with E-state index in [1.165, 1.54) is 135 Å². The Labute approximate surface area is 495 Å². The molecule has 1 saturated heterocycles. The minimum atomic E-state index is -1.62. The number of aliphatic hydroxyl groups is 5. The first-order chi connectivity index (χ1) is 39.7. The first-order valence-corrected chi connectivity index (χ1v) is 33.4. The fourth-order valence-corrected chi connectivity index (χ4v) is 10.1. The van der Waals surface area contributed by atoms with Crippen LogP contribution >= 0.6 is 0 Å². The highest BCUT2D eigenvalue weighted by Gasteiger charge is 2.47. The van der Waals surface area contributed by atoms with Crippen molar-refractivity contribution in [2.24, 2.45) is 0 Å². The molecule has 1 aliphatic heterocycles. The van der Waals surface area contributed by atoms with Gasteiger partial charge < -0.3 is 45.1 Å². The van der Waals surface area contributed by atoms with Gasteiger partial charge in [0.15, 0.2) is 12.4 Å². The van der Waals surface area contributed by atoms with Crippen molar-refractivity contribution in [3.05, 3.63) is 85.1 Å². The van der Waals surface area contributed by atoms with E-state index in [4.69, 9.17) is 14.2 Å². The molecule has 1 heterocycles. The first kappa shape index (κ1) is 75.9. The van der Waals surface area contributed by atoms with Crippen LogP contribution in [0.5, 0.6) is 0 Å². The van der Waals surface area contributed by atoms with Gasteiger partial charge in [0.2, 0.25) is 5.91 Å². The van der Waals surface area contributed by atoms with E-state index in [1.807, 2.05) is 6.08 Å². The number of nitrogens with one attached hydrogen (secondary N) is 1. The highest BCUT2D eigenvalue weighted by Crippen LogP contribution is 2.26. The molecule has 1 aliphatic rings. The summed E-state index contributed by atoms with van der Waals surface area (Å²) in [6.07, 6.45) is 64.8. The molecule has 11 nitrogen and oxygen atoms in total. The van der Waals surface area contributed by atoms with Gasteiger partial charge in [-0.2, -0.15) is 0 Å². The van der Waals surface area contributed by atoms with Crippen molar-refractivity contribution in [2.75, 3.05) is 13.2 Å². The molecule has 468 valence electrons. The summed E-state index contributed by atoms with van der Waals surface area (Å²) in [5.41, 5.74) is 0. The van der Waals surface area contributed by atoms with Gasteiger partial charge in [-0.15, -0.1) is 0 Å². The van der Waals surface area contributed by atoms with E-state index in [0.717, 1.165) is 103 Å². The number of amides is 1. The molecule has 81 heavy (non-hydrogen) atoms. The van der Waals surface area contributed by atoms with Gasteiger partial charge in [0.1, 0.15) is 24.4 Å². The lowest BCUT2D eigenvalue weighted by molar-refractivity contribution is -0.305. The second-order valence-corrected chi connectivity index (χ2v) is 22.8. The van der Waals surface area contributed by atoms with Gasteiger partial charge >= 0.3 is 5.97 Å². The van der Waals surface area contributed by atoms with Crippen LogP contribution in [0.25, 0.3) is 0 Å². The summed E-state index contributed by atoms with van der Waals surface area (Å²) >= 11 is 0. The van der Waals surface area contributed by atoms with Gasteiger partial charge in [0, 0.05) is 6.42 Å². The molecular formula is C70H123NO10. The smallest absolute Gasteiger partial charge is 0.306 e. The second-order valence-electron chi connectivity index (χ2n) is 22.8. The largest absolute Gasteiger partial charge is 0.454 e. The summed E-state index contributed by atoms with van der Waals surface area (Å²) in [4.78, 5) is 26.6. The van der Waals surface area contributed by atoms with Crippen LogP contribution in [-0.2, 0) is 23.8 Å². The topological polar surface area (TPSA) is 175 Å². The number of aliphatic hydroxyl groups excluding tert-OH is 5. The van der Waals surface area contributed by atoms with E-state index in [-0.39, 0.29) is 19.4 Å². The van der Waals surface area contributed by atoms with Crippen LogP contribution in [0.15, 0.2) is 85.1 Å². The van der Waals surface area contributed by atoms with Crippen LogP contribution in [0.1, 0.15) is 284 Å². The quantitative estimate of drug-likeness (QED) is 0.0195. The molecule has 1 amide bonds. The van der Waals surface area contributed by atoms with Crippen molar-refractivity contribution in [1.82, 2.24) is 5.32 Å². The summed E-state index contributed by atoms with van der Waals surface area (Å²) in [7, 11) is 0. The fraction of sp³-hybridized carbons (Fsp3) is 0.771. The van der Waals surface area contributed by atoms with Crippen LogP contribution in [0.4, 0.5) is 0 Å². The summed E-state index contributed by atoms with van der Waals surface area (Å²) in [5.74, 6) is -1.22. The van der Waals surface area contributed by atoms with Crippen molar-refractivity contribution in [1.29, 1.82) is 0 Å². The van der Waals surface area contributed by atoms with E-state index in [9.17, 15) is 35.1 Å². The number of rotatable bonds is 56. The van der Waals surface area contributed by atoms with Crippen molar-refractivity contribution in [3.63, 3.8) is 0 Å². The Morgan fingerprint density at radius 2 is 0.889 bits per heavy atom. The molecule has 11 heteroatoms. The Morgan fingerprint density at radius 1 is 0.494 bits per heavy atom. The maximum Gasteiger partial charge on any atom is 0.306 e. The molecule has 0 spiro atoms. The first-order valence-electron chi connectivity index (χ1n) is 33.4. The fourth-order valence-electron chi connectivity index (χ4n) is 10.1. The minimum Gasteiger partial charge on any atom is -0.454 e. The van der Waals surface area contributed by atoms with Crippen LogP contribution in [0, 0.1) is 0 Å². The molecule has 0 bridgehead atoms. The number of allylic oxidation sites excluding steroid dienone is 13. The summed E-state index contributed by atoms with van der Waals surface area (Å²) in [6.45, 7) is 5.67. The maximum atomic E-state index is 13.4. The molecule has 0 aliphatic carbocycles. The number of hydrogen-bond donors (Lipinski definition) is 6. The highest BCUT2D eigenvalue weighted by atomic mass is 16.7. The minimum absolute atomic E-state index is 0.121. The van der Waals surface area contributed by atoms with Gasteiger partial charge in [-0.25, -0.2) is 0 Å². The van der Waals surface area contributed by atoms with Crippen molar-refractivity contribution >= 4 is 11.9 Å². The average molecular weight is 1140 g/mol. The van der Waals surface area contributed by atoms with E-state index in [1.54, 1.807) is 6.08 Å². The van der Waals surface area contributed by atoms with Gasteiger partial charge in [-0.05, 0) is 77.0 Å². The number of unbranched alkanes of at least 4 members (excludes halogenated alkanes) is 30. The normalized spacial score (nSPS) is 19.2. The van der Waals surface area contributed by atoms with Crippen LogP contribution < -0.4 is 5.32 Å². The van der Waals surface area contributed by atoms with Crippen molar-refractivity contribution in [2.45, 2.75) is 333 Å². The Bertz CT molecular complexity index is 1640. The predicted octanol–water partition coefficient (Wildman–Crippen LogP) is 16.5. The van der Waals surface area contributed by atoms with E-state index in [0.29, 0.717) is 12.8 Å². The zero-order valence-corrected chi connectivity index (χ0v) is 51.9. The van der Waals surface area contributed by atoms with E-state index in [2.05, 4.69) is 99.0 Å². The molecule has 6 N–H and O–H groups in total. The lowest BCUT2D eigenvalue weighted by Crippen LogP contribution is -2.61. The summed E-state index contributed by atoms with van der Waals surface area (Å²) < 4.78 is 17.6. The lowest BCUT2D eigenvalue weighted by atomic mass is 9.99. The zero-order valence-electron chi connectivity index (χ0n) is 51.9. The number of hydrogen-bond acceptors (Lipinski definition) is 10. The molecule has 0 saturated carbocycles. The molecule has 0 aromatic carbocycles. The van der Waals surface area contributed by atoms with Crippen LogP contribution in [0.3, 0.4) is 0 Å². The van der Waals surface area contributed by atoms with E-state index >= 15 is 0 Å². The van der Waals surface area contributed by atoms with Crippen molar-refractivity contribution in [3.8, 4) is 0 Å². The monoisotopic (exact) mass is 1140 g/mol. The van der Waals surface area contributed by atoms with Crippen LogP contribution in [0.2, 0.25) is 0 Å². The molecule has 8 unspecified atom stereocenters. The zero-order chi connectivity index (χ0) is 58.9. The molecule has 0 aromatic rings. The summed E-state index contributed by atoms with van der Waals surface area (Å²) in [6, 6.07) is -1.04. The third-order valence-corrected chi connectivity index (χ3v) is 15.3. The van der Waals surface area contributed by atoms with Crippen molar-refractivity contribution < 1.29 is 49.3 Å². The molecular weight excluding hydrogens is 1010 g/mol. The maximum absolute atomic E-state index is 13.4. The average Bonchev–Trinajstić information content (AvgIpc) is 3.52. The third-order valence-electron chi connectivity index (χ3n) is 15.3. The number of ether oxygens (including phenoxy) is 3. The predicted molar refractivity (Wildman–Crippen MR) is 338 cm³/mol. The Morgan fingerprint density at radius 3 is 1.33 bits per heavy atom. The lowest BCUT2D eigenvalue weighted by Gasteiger charge is -2.41. The molecule has 0 aromatic heterocycles. The van der Waals surface area contributed by atoms with Gasteiger partial charge in [-0.3, -0.25) is 9.59 Å².